The fourth-order valence-corrected chi connectivity index (χ4v) is 5.19. The maximum absolute atomic E-state index is 12.9. The van der Waals surface area contributed by atoms with E-state index in [0.717, 1.165) is 22.4 Å². The molecular weight excluding hydrogens is 418 g/mol. The van der Waals surface area contributed by atoms with Crippen LogP contribution in [0.3, 0.4) is 0 Å². The molecule has 1 aliphatic rings. The minimum absolute atomic E-state index is 0.0797. The molecule has 0 amide bonds. The van der Waals surface area contributed by atoms with E-state index in [2.05, 4.69) is 6.07 Å². The SMILES string of the molecule is CN(Cc1ccc2ccccc2c1)c1ccc(S(=O)(=O)N2CCOCC2)cc1[N+](=O)[O-]. The average molecular weight is 442 g/mol. The van der Waals surface area contributed by atoms with Crippen LogP contribution in [0.2, 0.25) is 0 Å². The Balaban J connectivity index is 1.63. The van der Waals surface area contributed by atoms with Crippen LogP contribution in [-0.2, 0) is 21.3 Å². The fraction of sp³-hybridized carbons (Fsp3) is 0.273. The van der Waals surface area contributed by atoms with Gasteiger partial charge in [0.25, 0.3) is 5.69 Å². The number of hydrogen-bond donors (Lipinski definition) is 0. The van der Waals surface area contributed by atoms with Crippen LogP contribution in [0, 0.1) is 10.1 Å². The van der Waals surface area contributed by atoms with Gasteiger partial charge >= 0.3 is 0 Å². The van der Waals surface area contributed by atoms with Crippen LogP contribution in [0.4, 0.5) is 11.4 Å². The highest BCUT2D eigenvalue weighted by Gasteiger charge is 2.29. The van der Waals surface area contributed by atoms with Gasteiger partial charge in [-0.05, 0) is 34.5 Å². The van der Waals surface area contributed by atoms with Gasteiger partial charge in [-0.25, -0.2) is 8.42 Å². The Bertz CT molecular complexity index is 1220. The molecule has 1 saturated heterocycles. The molecule has 0 aromatic heterocycles. The molecule has 0 spiro atoms. The molecule has 3 aromatic carbocycles. The second-order valence-corrected chi connectivity index (χ2v) is 9.40. The van der Waals surface area contributed by atoms with Crippen molar-refractivity contribution in [2.45, 2.75) is 11.4 Å². The third-order valence-electron chi connectivity index (χ3n) is 5.40. The molecule has 0 aliphatic carbocycles. The highest BCUT2D eigenvalue weighted by atomic mass is 32.2. The molecule has 4 rings (SSSR count). The second kappa shape index (κ2) is 8.62. The average Bonchev–Trinajstić information content (AvgIpc) is 2.79. The van der Waals surface area contributed by atoms with Crippen LogP contribution >= 0.6 is 0 Å². The lowest BCUT2D eigenvalue weighted by molar-refractivity contribution is -0.384. The number of sulfonamides is 1. The number of morpholine rings is 1. The summed E-state index contributed by atoms with van der Waals surface area (Å²) in [6.07, 6.45) is 0. The normalized spacial score (nSPS) is 15.1. The number of fused-ring (bicyclic) bond motifs is 1. The first-order chi connectivity index (χ1) is 14.9. The summed E-state index contributed by atoms with van der Waals surface area (Å²) in [5.74, 6) is 0. The van der Waals surface area contributed by atoms with E-state index in [9.17, 15) is 18.5 Å². The number of ether oxygens (including phenoxy) is 1. The lowest BCUT2D eigenvalue weighted by atomic mass is 10.1. The monoisotopic (exact) mass is 441 g/mol. The van der Waals surface area contributed by atoms with Crippen molar-refractivity contribution < 1.29 is 18.1 Å². The minimum Gasteiger partial charge on any atom is -0.379 e. The molecule has 31 heavy (non-hydrogen) atoms. The molecule has 0 saturated carbocycles. The lowest BCUT2D eigenvalue weighted by Gasteiger charge is -2.26. The Morgan fingerprint density at radius 3 is 2.45 bits per heavy atom. The first kappa shape index (κ1) is 21.2. The van der Waals surface area contributed by atoms with Crippen LogP contribution in [0.5, 0.6) is 0 Å². The number of nitrogens with zero attached hydrogens (tertiary/aromatic N) is 3. The second-order valence-electron chi connectivity index (χ2n) is 7.46. The summed E-state index contributed by atoms with van der Waals surface area (Å²) in [5.41, 5.74) is 1.12. The Morgan fingerprint density at radius 2 is 1.74 bits per heavy atom. The molecule has 1 fully saturated rings. The van der Waals surface area contributed by atoms with Gasteiger partial charge in [-0.3, -0.25) is 10.1 Å². The summed E-state index contributed by atoms with van der Waals surface area (Å²) in [6, 6.07) is 18.1. The summed E-state index contributed by atoms with van der Waals surface area (Å²) >= 11 is 0. The molecule has 0 unspecified atom stereocenters. The van der Waals surface area contributed by atoms with Crippen molar-refractivity contribution in [2.75, 3.05) is 38.3 Å². The zero-order valence-electron chi connectivity index (χ0n) is 17.1. The van der Waals surface area contributed by atoms with Crippen LogP contribution in [0.15, 0.2) is 65.6 Å². The van der Waals surface area contributed by atoms with Gasteiger partial charge in [0.2, 0.25) is 10.0 Å². The van der Waals surface area contributed by atoms with Crippen molar-refractivity contribution in [1.82, 2.24) is 4.31 Å². The van der Waals surface area contributed by atoms with Crippen molar-refractivity contribution >= 4 is 32.2 Å². The molecule has 0 radical (unpaired) electrons. The van der Waals surface area contributed by atoms with Gasteiger partial charge in [0.15, 0.2) is 0 Å². The van der Waals surface area contributed by atoms with Crippen molar-refractivity contribution in [1.29, 1.82) is 0 Å². The number of benzene rings is 3. The van der Waals surface area contributed by atoms with Gasteiger partial charge in [-0.2, -0.15) is 4.31 Å². The predicted molar refractivity (Wildman–Crippen MR) is 119 cm³/mol. The molecule has 1 heterocycles. The number of nitro groups is 1. The molecule has 0 bridgehead atoms. The number of rotatable bonds is 6. The van der Waals surface area contributed by atoms with Crippen LogP contribution in [0.1, 0.15) is 5.56 Å². The van der Waals surface area contributed by atoms with Crippen molar-refractivity contribution in [2.24, 2.45) is 0 Å². The highest BCUT2D eigenvalue weighted by Crippen LogP contribution is 2.32. The van der Waals surface area contributed by atoms with Gasteiger partial charge in [0, 0.05) is 32.7 Å². The van der Waals surface area contributed by atoms with Crippen molar-refractivity contribution in [3.05, 3.63) is 76.3 Å². The standard InChI is InChI=1S/C22H23N3O5S/c1-23(16-17-6-7-18-4-2-3-5-19(18)14-17)21-9-8-20(15-22(21)25(26)27)31(28,29)24-10-12-30-13-11-24/h2-9,14-15H,10-13,16H2,1H3. The van der Waals surface area contributed by atoms with E-state index >= 15 is 0 Å². The molecule has 9 heteroatoms. The van der Waals surface area contributed by atoms with E-state index in [1.54, 1.807) is 11.9 Å². The first-order valence-electron chi connectivity index (χ1n) is 9.91. The summed E-state index contributed by atoms with van der Waals surface area (Å²) < 4.78 is 32.3. The summed E-state index contributed by atoms with van der Waals surface area (Å²) in [5, 5.41) is 14.0. The van der Waals surface area contributed by atoms with Crippen LogP contribution in [-0.4, -0.2) is 51.0 Å². The molecule has 0 N–H and O–H groups in total. The van der Waals surface area contributed by atoms with Crippen LogP contribution < -0.4 is 4.90 Å². The van der Waals surface area contributed by atoms with Crippen molar-refractivity contribution in [3.8, 4) is 0 Å². The number of anilines is 1. The summed E-state index contributed by atoms with van der Waals surface area (Å²) in [6.45, 7) is 1.54. The Kier molecular flexibility index (Phi) is 5.90. The fourth-order valence-electron chi connectivity index (χ4n) is 3.76. The van der Waals surface area contributed by atoms with E-state index in [1.807, 2.05) is 36.4 Å². The maximum Gasteiger partial charge on any atom is 0.293 e. The predicted octanol–water partition coefficient (Wildman–Crippen LogP) is 3.41. The van der Waals surface area contributed by atoms with E-state index in [-0.39, 0.29) is 23.7 Å². The minimum atomic E-state index is -3.81. The zero-order valence-corrected chi connectivity index (χ0v) is 17.9. The maximum atomic E-state index is 12.9. The molecule has 0 atom stereocenters. The quantitative estimate of drug-likeness (QED) is 0.430. The van der Waals surface area contributed by atoms with E-state index < -0.39 is 14.9 Å². The molecule has 162 valence electrons. The highest BCUT2D eigenvalue weighted by molar-refractivity contribution is 7.89. The van der Waals surface area contributed by atoms with Crippen molar-refractivity contribution in [3.63, 3.8) is 0 Å². The van der Waals surface area contributed by atoms with Gasteiger partial charge < -0.3 is 9.64 Å². The smallest absolute Gasteiger partial charge is 0.293 e. The third-order valence-corrected chi connectivity index (χ3v) is 7.29. The van der Waals surface area contributed by atoms with Crippen LogP contribution in [0.25, 0.3) is 10.8 Å². The van der Waals surface area contributed by atoms with Gasteiger partial charge in [0.1, 0.15) is 5.69 Å². The number of hydrogen-bond acceptors (Lipinski definition) is 6. The van der Waals surface area contributed by atoms with Gasteiger partial charge in [-0.1, -0.05) is 36.4 Å². The lowest BCUT2D eigenvalue weighted by Crippen LogP contribution is -2.40. The number of nitro benzene ring substituents is 1. The Labute approximate surface area is 180 Å². The summed E-state index contributed by atoms with van der Waals surface area (Å²) in [4.78, 5) is 12.9. The topological polar surface area (TPSA) is 93.0 Å². The Hall–Kier alpha value is -3.01. The molecule has 8 nitrogen and oxygen atoms in total. The van der Waals surface area contributed by atoms with E-state index in [0.29, 0.717) is 25.4 Å². The van der Waals surface area contributed by atoms with E-state index in [1.165, 1.54) is 16.4 Å². The molecule has 3 aromatic rings. The van der Waals surface area contributed by atoms with Gasteiger partial charge in [-0.15, -0.1) is 0 Å². The zero-order chi connectivity index (χ0) is 22.0. The third kappa shape index (κ3) is 4.39. The first-order valence-corrected chi connectivity index (χ1v) is 11.4. The van der Waals surface area contributed by atoms with Gasteiger partial charge in [0.05, 0.1) is 23.0 Å². The van der Waals surface area contributed by atoms with E-state index in [4.69, 9.17) is 4.74 Å². The molecule has 1 aliphatic heterocycles. The largest absolute Gasteiger partial charge is 0.379 e. The Morgan fingerprint density at radius 1 is 1.03 bits per heavy atom. The summed E-state index contributed by atoms with van der Waals surface area (Å²) in [7, 11) is -2.06. The molecular formula is C22H23N3O5S.